The summed E-state index contributed by atoms with van der Waals surface area (Å²) in [5.41, 5.74) is 15.1. The van der Waals surface area contributed by atoms with Gasteiger partial charge in [-0.05, 0) is 49.3 Å². The van der Waals surface area contributed by atoms with E-state index in [2.05, 4.69) is 53.6 Å². The lowest BCUT2D eigenvalue weighted by Crippen LogP contribution is -2.29. The lowest BCUT2D eigenvalue weighted by Gasteiger charge is -2.26. The molecule has 1 aromatic carbocycles. The van der Waals surface area contributed by atoms with Gasteiger partial charge in [-0.3, -0.25) is 5.41 Å². The van der Waals surface area contributed by atoms with Crippen molar-refractivity contribution < 1.29 is 0 Å². The quantitative estimate of drug-likeness (QED) is 0.387. The molecule has 0 saturated heterocycles. The Morgan fingerprint density at radius 3 is 2.70 bits per heavy atom. The maximum absolute atomic E-state index is 7.31. The predicted molar refractivity (Wildman–Crippen MR) is 96.6 cm³/mol. The Kier molecular flexibility index (Phi) is 5.11. The first-order valence-electron chi connectivity index (χ1n) is 7.45. The molecule has 0 radical (unpaired) electrons. The number of guanidine groups is 1. The topological polar surface area (TPSA) is 90.1 Å². The van der Waals surface area contributed by atoms with Crippen molar-refractivity contribution in [3.05, 3.63) is 58.4 Å². The first-order chi connectivity index (χ1) is 10.6. The molecule has 1 aliphatic rings. The van der Waals surface area contributed by atoms with Crippen molar-refractivity contribution in [3.8, 4) is 0 Å². The van der Waals surface area contributed by atoms with Gasteiger partial charge in [0.25, 0.3) is 0 Å². The third-order valence-electron chi connectivity index (χ3n) is 4.28. The van der Waals surface area contributed by atoms with Crippen molar-refractivity contribution in [2.24, 2.45) is 10.8 Å². The van der Waals surface area contributed by atoms with Crippen molar-refractivity contribution in [2.75, 3.05) is 0 Å². The highest BCUT2D eigenvalue weighted by atomic mass is 35.5. The molecule has 23 heavy (non-hydrogen) atoms. The molecule has 1 atom stereocenters. The van der Waals surface area contributed by atoms with E-state index in [0.29, 0.717) is 5.92 Å². The smallest absolute Gasteiger partial charge is 0.206 e. The lowest BCUT2D eigenvalue weighted by molar-refractivity contribution is 0.677. The van der Waals surface area contributed by atoms with Crippen molar-refractivity contribution in [3.63, 3.8) is 0 Å². The summed E-state index contributed by atoms with van der Waals surface area (Å²) in [5, 5.41) is 11.7. The normalized spacial score (nSPS) is 18.2. The van der Waals surface area contributed by atoms with Gasteiger partial charge in [-0.15, -0.1) is 12.4 Å². The van der Waals surface area contributed by atoms with Crippen molar-refractivity contribution >= 4 is 24.1 Å². The largest absolute Gasteiger partial charge is 0.369 e. The summed E-state index contributed by atoms with van der Waals surface area (Å²) in [6.07, 6.45) is 3.85. The number of rotatable bonds is 2. The minimum Gasteiger partial charge on any atom is -0.369 e. The number of nitrogens with zero attached hydrogens (tertiary/aromatic N) is 1. The van der Waals surface area contributed by atoms with Crippen LogP contribution < -0.4 is 11.2 Å². The van der Waals surface area contributed by atoms with Crippen LogP contribution >= 0.6 is 12.4 Å². The number of hydrazone groups is 1. The van der Waals surface area contributed by atoms with Crippen molar-refractivity contribution in [1.82, 2.24) is 10.4 Å². The molecule has 1 aliphatic carbocycles. The zero-order valence-electron chi connectivity index (χ0n) is 13.3. The second kappa shape index (κ2) is 6.87. The fourth-order valence-corrected chi connectivity index (χ4v) is 3.29. The van der Waals surface area contributed by atoms with Gasteiger partial charge in [0.05, 0.1) is 5.71 Å². The van der Waals surface area contributed by atoms with Crippen molar-refractivity contribution in [1.29, 1.82) is 5.41 Å². The number of aromatic nitrogens is 1. The van der Waals surface area contributed by atoms with Gasteiger partial charge in [0.2, 0.25) is 5.96 Å². The molecule has 122 valence electrons. The summed E-state index contributed by atoms with van der Waals surface area (Å²) in [7, 11) is 0. The minimum atomic E-state index is -0.139. The van der Waals surface area contributed by atoms with Crippen LogP contribution in [0.3, 0.4) is 0 Å². The SMILES string of the molecule is Cc1ccccc1C1CC(=NNC(=N)N)c2c(C)c[nH]c2C1.Cl. The summed E-state index contributed by atoms with van der Waals surface area (Å²) >= 11 is 0. The Morgan fingerprint density at radius 2 is 2.00 bits per heavy atom. The van der Waals surface area contributed by atoms with E-state index in [0.717, 1.165) is 18.6 Å². The van der Waals surface area contributed by atoms with Gasteiger partial charge in [0.15, 0.2) is 0 Å². The molecule has 5 nitrogen and oxygen atoms in total. The van der Waals surface area contributed by atoms with E-state index in [1.165, 1.54) is 27.9 Å². The number of aryl methyl sites for hydroxylation is 2. The second-order valence-electron chi connectivity index (χ2n) is 5.87. The molecule has 0 amide bonds. The van der Waals surface area contributed by atoms with Gasteiger partial charge >= 0.3 is 0 Å². The van der Waals surface area contributed by atoms with Crippen LogP contribution in [0.4, 0.5) is 0 Å². The van der Waals surface area contributed by atoms with Gasteiger partial charge in [0.1, 0.15) is 0 Å². The number of benzene rings is 1. The molecule has 1 aromatic heterocycles. The van der Waals surface area contributed by atoms with Crippen LogP contribution in [0.15, 0.2) is 35.6 Å². The fraction of sp³-hybridized carbons (Fsp3) is 0.294. The summed E-state index contributed by atoms with van der Waals surface area (Å²) in [6.45, 7) is 4.22. The van der Waals surface area contributed by atoms with Crippen LogP contribution in [0.2, 0.25) is 0 Å². The molecule has 3 rings (SSSR count). The molecule has 1 heterocycles. The standard InChI is InChI=1S/C17H21N5.ClH/c1-10-5-3-4-6-13(10)12-7-14-16(11(2)9-20-14)15(8-12)21-22-17(18)19;/h3-6,9,12,20H,7-8H2,1-2H3,(H4,18,19,22);1H. The van der Waals surface area contributed by atoms with Crippen LogP contribution in [0.1, 0.15) is 40.3 Å². The number of H-pyrrole nitrogens is 1. The molecule has 5 N–H and O–H groups in total. The number of hydrogen-bond acceptors (Lipinski definition) is 2. The lowest BCUT2D eigenvalue weighted by atomic mass is 9.80. The average Bonchev–Trinajstić information content (AvgIpc) is 2.87. The van der Waals surface area contributed by atoms with E-state index in [9.17, 15) is 0 Å². The molecule has 2 aromatic rings. The maximum atomic E-state index is 7.31. The Labute approximate surface area is 142 Å². The van der Waals surface area contributed by atoms with Gasteiger partial charge < -0.3 is 10.7 Å². The van der Waals surface area contributed by atoms with Crippen LogP contribution in [0.25, 0.3) is 0 Å². The van der Waals surface area contributed by atoms with Crippen LogP contribution in [-0.2, 0) is 6.42 Å². The van der Waals surface area contributed by atoms with E-state index in [4.69, 9.17) is 11.1 Å². The molecule has 0 fully saturated rings. The number of fused-ring (bicyclic) bond motifs is 1. The molecule has 1 unspecified atom stereocenters. The molecular formula is C17H22ClN5. The summed E-state index contributed by atoms with van der Waals surface area (Å²) in [6, 6.07) is 8.49. The summed E-state index contributed by atoms with van der Waals surface area (Å²) < 4.78 is 0. The Balaban J connectivity index is 0.00000192. The number of aromatic amines is 1. The fourth-order valence-electron chi connectivity index (χ4n) is 3.29. The van der Waals surface area contributed by atoms with E-state index < -0.39 is 0 Å². The highest BCUT2D eigenvalue weighted by Crippen LogP contribution is 2.35. The van der Waals surface area contributed by atoms with E-state index in [-0.39, 0.29) is 18.4 Å². The third kappa shape index (κ3) is 3.40. The highest BCUT2D eigenvalue weighted by Gasteiger charge is 2.28. The minimum absolute atomic E-state index is 0. The third-order valence-corrected chi connectivity index (χ3v) is 4.28. The van der Waals surface area contributed by atoms with Crippen LogP contribution in [0, 0.1) is 19.3 Å². The van der Waals surface area contributed by atoms with E-state index in [1.54, 1.807) is 0 Å². The zero-order valence-corrected chi connectivity index (χ0v) is 14.1. The van der Waals surface area contributed by atoms with Crippen LogP contribution in [0.5, 0.6) is 0 Å². The van der Waals surface area contributed by atoms with Gasteiger partial charge in [-0.2, -0.15) is 5.10 Å². The monoisotopic (exact) mass is 331 g/mol. The number of halogens is 1. The van der Waals surface area contributed by atoms with Gasteiger partial charge in [-0.1, -0.05) is 24.3 Å². The summed E-state index contributed by atoms with van der Waals surface area (Å²) in [5.74, 6) is 0.250. The first kappa shape index (κ1) is 17.1. The average molecular weight is 332 g/mol. The molecule has 0 spiro atoms. The van der Waals surface area contributed by atoms with Gasteiger partial charge in [-0.25, -0.2) is 5.43 Å². The highest BCUT2D eigenvalue weighted by molar-refractivity contribution is 6.04. The van der Waals surface area contributed by atoms with Crippen molar-refractivity contribution in [2.45, 2.75) is 32.6 Å². The summed E-state index contributed by atoms with van der Waals surface area (Å²) in [4.78, 5) is 3.37. The Morgan fingerprint density at radius 1 is 1.26 bits per heavy atom. The number of nitrogens with one attached hydrogen (secondary N) is 3. The van der Waals surface area contributed by atoms with E-state index in [1.807, 2.05) is 6.20 Å². The zero-order chi connectivity index (χ0) is 15.7. The molecular weight excluding hydrogens is 310 g/mol. The maximum Gasteiger partial charge on any atom is 0.206 e. The molecule has 6 heteroatoms. The first-order valence-corrected chi connectivity index (χ1v) is 7.45. The predicted octanol–water partition coefficient (Wildman–Crippen LogP) is 2.97. The molecule has 0 aliphatic heterocycles. The van der Waals surface area contributed by atoms with E-state index >= 15 is 0 Å². The Hall–Kier alpha value is -2.27. The second-order valence-corrected chi connectivity index (χ2v) is 5.87. The molecule has 0 saturated carbocycles. The Bertz CT molecular complexity index is 747. The van der Waals surface area contributed by atoms with Gasteiger partial charge in [0, 0.05) is 17.5 Å². The molecule has 0 bridgehead atoms. The number of nitrogens with two attached hydrogens (primary N) is 1. The number of hydrogen-bond donors (Lipinski definition) is 4. The van der Waals surface area contributed by atoms with Crippen LogP contribution in [-0.4, -0.2) is 16.7 Å².